The first-order valence-corrected chi connectivity index (χ1v) is 3.85. The lowest BCUT2D eigenvalue weighted by molar-refractivity contribution is 0.0982. The van der Waals surface area contributed by atoms with Gasteiger partial charge in [-0.25, -0.2) is 0 Å². The molecule has 4 heteroatoms. The Balaban J connectivity index is 3.33. The zero-order valence-corrected chi connectivity index (χ0v) is 7.11. The Bertz CT molecular complexity index is 344. The summed E-state index contributed by atoms with van der Waals surface area (Å²) in [6.07, 6.45) is 0.157. The molecule has 4 nitrogen and oxygen atoms in total. The maximum absolute atomic E-state index is 11.2. The average Bonchev–Trinajstić information content (AvgIpc) is 2.12. The van der Waals surface area contributed by atoms with Gasteiger partial charge in [-0.3, -0.25) is 4.79 Å². The van der Waals surface area contributed by atoms with Crippen molar-refractivity contribution in [2.24, 2.45) is 0 Å². The van der Waals surface area contributed by atoms with Crippen LogP contribution in [0.25, 0.3) is 0 Å². The molecule has 1 aromatic carbocycles. The fourth-order valence-corrected chi connectivity index (χ4v) is 1.02. The van der Waals surface area contributed by atoms with Crippen LogP contribution >= 0.6 is 0 Å². The molecule has 0 bridgehead atoms. The topological polar surface area (TPSA) is 77.8 Å². The highest BCUT2D eigenvalue weighted by molar-refractivity contribution is 6.01. The fraction of sp³-hybridized carbons (Fsp3) is 0.222. The third-order valence-electron chi connectivity index (χ3n) is 1.73. The molecule has 3 N–H and O–H groups in total. The van der Waals surface area contributed by atoms with Crippen LogP contribution in [-0.2, 0) is 0 Å². The zero-order valence-electron chi connectivity index (χ0n) is 7.11. The van der Waals surface area contributed by atoms with Gasteiger partial charge in [-0.05, 0) is 12.1 Å². The van der Waals surface area contributed by atoms with E-state index in [0.29, 0.717) is 0 Å². The van der Waals surface area contributed by atoms with E-state index in [-0.39, 0.29) is 17.7 Å². The number of aromatic hydroxyl groups is 3. The van der Waals surface area contributed by atoms with Gasteiger partial charge in [0.15, 0.2) is 17.3 Å². The minimum absolute atomic E-state index is 0.157. The van der Waals surface area contributed by atoms with E-state index in [1.165, 1.54) is 0 Å². The third-order valence-corrected chi connectivity index (χ3v) is 1.73. The van der Waals surface area contributed by atoms with E-state index in [0.717, 1.165) is 12.1 Å². The van der Waals surface area contributed by atoms with Crippen LogP contribution < -0.4 is 0 Å². The lowest BCUT2D eigenvalue weighted by Gasteiger charge is -2.05. The molecule has 0 saturated carbocycles. The number of benzene rings is 1. The summed E-state index contributed by atoms with van der Waals surface area (Å²) in [5, 5.41) is 27.5. The molecule has 1 rings (SSSR count). The van der Waals surface area contributed by atoms with Gasteiger partial charge in [0, 0.05) is 6.42 Å². The predicted octanol–water partition coefficient (Wildman–Crippen LogP) is 1.40. The van der Waals surface area contributed by atoms with Gasteiger partial charge in [-0.15, -0.1) is 0 Å². The number of phenolic OH excluding ortho intramolecular Hbond substituents is 3. The van der Waals surface area contributed by atoms with Crippen molar-refractivity contribution < 1.29 is 20.1 Å². The largest absolute Gasteiger partial charge is 0.507 e. The maximum atomic E-state index is 11.2. The Morgan fingerprint density at radius 1 is 1.23 bits per heavy atom. The summed E-state index contributed by atoms with van der Waals surface area (Å²) < 4.78 is 0. The normalized spacial score (nSPS) is 9.92. The first-order chi connectivity index (χ1) is 6.07. The summed E-state index contributed by atoms with van der Waals surface area (Å²) in [5.74, 6) is -1.70. The van der Waals surface area contributed by atoms with Gasteiger partial charge < -0.3 is 15.3 Å². The van der Waals surface area contributed by atoms with E-state index >= 15 is 0 Å². The molecule has 13 heavy (non-hydrogen) atoms. The van der Waals surface area contributed by atoms with E-state index < -0.39 is 17.3 Å². The molecule has 0 amide bonds. The molecule has 0 aromatic heterocycles. The molecule has 0 saturated heterocycles. The molecule has 0 radical (unpaired) electrons. The lowest BCUT2D eigenvalue weighted by atomic mass is 10.1. The number of Topliss-reactive ketones (excluding diaryl/α,β-unsaturated/α-hetero) is 1. The lowest BCUT2D eigenvalue weighted by Crippen LogP contribution is -1.97. The first kappa shape index (κ1) is 9.38. The van der Waals surface area contributed by atoms with Gasteiger partial charge in [-0.1, -0.05) is 6.92 Å². The molecular weight excluding hydrogens is 172 g/mol. The monoisotopic (exact) mass is 182 g/mol. The Morgan fingerprint density at radius 3 is 2.31 bits per heavy atom. The van der Waals surface area contributed by atoms with Crippen molar-refractivity contribution in [1.29, 1.82) is 0 Å². The highest BCUT2D eigenvalue weighted by Crippen LogP contribution is 2.35. The minimum atomic E-state index is -0.563. The summed E-state index contributed by atoms with van der Waals surface area (Å²) in [5.41, 5.74) is -0.220. The third kappa shape index (κ3) is 1.56. The molecule has 0 aliphatic carbocycles. The van der Waals surface area contributed by atoms with Crippen molar-refractivity contribution in [3.05, 3.63) is 17.7 Å². The molecule has 0 aliphatic heterocycles. The van der Waals surface area contributed by atoms with Crippen LogP contribution in [0.15, 0.2) is 12.1 Å². The SMILES string of the molecule is CCC(=O)c1c(O)ccc(O)c1O. The Morgan fingerprint density at radius 2 is 1.77 bits per heavy atom. The number of carbonyl (C=O) groups is 1. The second-order valence-electron chi connectivity index (χ2n) is 2.60. The molecule has 0 fully saturated rings. The maximum Gasteiger partial charge on any atom is 0.172 e. The number of ketones is 1. The van der Waals surface area contributed by atoms with Crippen molar-refractivity contribution in [3.8, 4) is 17.2 Å². The number of rotatable bonds is 2. The van der Waals surface area contributed by atoms with Crippen LogP contribution in [-0.4, -0.2) is 21.1 Å². The van der Waals surface area contributed by atoms with Crippen LogP contribution in [0.2, 0.25) is 0 Å². The molecular formula is C9H10O4. The van der Waals surface area contributed by atoms with Crippen molar-refractivity contribution in [3.63, 3.8) is 0 Å². The molecule has 0 spiro atoms. The molecule has 0 heterocycles. The van der Waals surface area contributed by atoms with Crippen molar-refractivity contribution in [1.82, 2.24) is 0 Å². The van der Waals surface area contributed by atoms with E-state index in [2.05, 4.69) is 0 Å². The summed E-state index contributed by atoms with van der Waals surface area (Å²) in [7, 11) is 0. The Hall–Kier alpha value is -1.71. The summed E-state index contributed by atoms with van der Waals surface area (Å²) in [4.78, 5) is 11.2. The van der Waals surface area contributed by atoms with Gasteiger partial charge in [-0.2, -0.15) is 0 Å². The molecule has 0 atom stereocenters. The highest BCUT2D eigenvalue weighted by Gasteiger charge is 2.17. The summed E-state index contributed by atoms with van der Waals surface area (Å²) >= 11 is 0. The van der Waals surface area contributed by atoms with Gasteiger partial charge in [0.05, 0.1) is 0 Å². The van der Waals surface area contributed by atoms with Crippen LogP contribution in [0.3, 0.4) is 0 Å². The summed E-state index contributed by atoms with van der Waals surface area (Å²) in [6.45, 7) is 1.60. The molecule has 0 unspecified atom stereocenters. The van der Waals surface area contributed by atoms with E-state index in [1.807, 2.05) is 0 Å². The van der Waals surface area contributed by atoms with Crippen molar-refractivity contribution in [2.45, 2.75) is 13.3 Å². The van der Waals surface area contributed by atoms with E-state index in [1.54, 1.807) is 6.92 Å². The number of phenols is 3. The van der Waals surface area contributed by atoms with Crippen LogP contribution in [0.4, 0.5) is 0 Å². The predicted molar refractivity (Wildman–Crippen MR) is 46.1 cm³/mol. The smallest absolute Gasteiger partial charge is 0.172 e. The summed E-state index contributed by atoms with van der Waals surface area (Å²) in [6, 6.07) is 2.29. The van der Waals surface area contributed by atoms with E-state index in [4.69, 9.17) is 5.11 Å². The Kier molecular flexibility index (Phi) is 2.41. The Labute approximate surface area is 75.1 Å². The number of hydrogen-bond acceptors (Lipinski definition) is 4. The number of carbonyl (C=O) groups excluding carboxylic acids is 1. The minimum Gasteiger partial charge on any atom is -0.507 e. The van der Waals surface area contributed by atoms with E-state index in [9.17, 15) is 15.0 Å². The second kappa shape index (κ2) is 3.35. The number of hydrogen-bond donors (Lipinski definition) is 3. The second-order valence-corrected chi connectivity index (χ2v) is 2.60. The van der Waals surface area contributed by atoms with Crippen LogP contribution in [0.1, 0.15) is 23.7 Å². The van der Waals surface area contributed by atoms with Crippen molar-refractivity contribution >= 4 is 5.78 Å². The van der Waals surface area contributed by atoms with Crippen LogP contribution in [0.5, 0.6) is 17.2 Å². The first-order valence-electron chi connectivity index (χ1n) is 3.85. The zero-order chi connectivity index (χ0) is 10.0. The molecule has 0 aliphatic rings. The van der Waals surface area contributed by atoms with Crippen molar-refractivity contribution in [2.75, 3.05) is 0 Å². The van der Waals surface area contributed by atoms with Gasteiger partial charge in [0.2, 0.25) is 0 Å². The molecule has 70 valence electrons. The highest BCUT2D eigenvalue weighted by atomic mass is 16.3. The fourth-order valence-electron chi connectivity index (χ4n) is 1.02. The van der Waals surface area contributed by atoms with Gasteiger partial charge in [0.1, 0.15) is 11.3 Å². The van der Waals surface area contributed by atoms with Gasteiger partial charge in [0.25, 0.3) is 0 Å². The average molecular weight is 182 g/mol. The standard InChI is InChI=1S/C9H10O4/c1-2-5(10)8-6(11)3-4-7(12)9(8)13/h3-4,11-13H,2H2,1H3. The van der Waals surface area contributed by atoms with Crippen LogP contribution in [0, 0.1) is 0 Å². The quantitative estimate of drug-likeness (QED) is 0.367. The van der Waals surface area contributed by atoms with Gasteiger partial charge >= 0.3 is 0 Å². The molecule has 1 aromatic rings.